The Morgan fingerprint density at radius 2 is 1.76 bits per heavy atom. The van der Waals surface area contributed by atoms with Crippen LogP contribution in [-0.4, -0.2) is 21.6 Å². The van der Waals surface area contributed by atoms with Gasteiger partial charge >= 0.3 is 0 Å². The van der Waals surface area contributed by atoms with Gasteiger partial charge in [-0.25, -0.2) is 0 Å². The van der Waals surface area contributed by atoms with Crippen LogP contribution in [0, 0.1) is 0 Å². The Bertz CT molecular complexity index is 481. The molecule has 84 valence electrons. The maximum Gasteiger partial charge on any atom is 0.0634 e. The largest absolute Gasteiger partial charge is 0.278 e. The molecule has 5 heteroatoms. The number of benzene rings is 1. The van der Waals surface area contributed by atoms with Crippen molar-refractivity contribution in [2.75, 3.05) is 5.43 Å². The molecule has 2 heterocycles. The smallest absolute Gasteiger partial charge is 0.0634 e. The van der Waals surface area contributed by atoms with E-state index >= 15 is 0 Å². The summed E-state index contributed by atoms with van der Waals surface area (Å²) in [5.41, 5.74) is 5.16. The summed E-state index contributed by atoms with van der Waals surface area (Å²) in [6.45, 7) is 0. The van der Waals surface area contributed by atoms with Crippen LogP contribution in [0.4, 0.5) is 5.69 Å². The normalized spacial score (nSPS) is 11.5. The number of allylic oxidation sites excluding steroid dienone is 1. The third-order valence-corrected chi connectivity index (χ3v) is 1.99. The van der Waals surface area contributed by atoms with Gasteiger partial charge in [-0.05, 0) is 29.0 Å². The van der Waals surface area contributed by atoms with Crippen LogP contribution < -0.4 is 5.43 Å². The van der Waals surface area contributed by atoms with Crippen molar-refractivity contribution in [3.63, 3.8) is 0 Å². The molecular weight excluding hydrogens is 214 g/mol. The number of hydrazone groups is 1. The van der Waals surface area contributed by atoms with E-state index in [1.807, 2.05) is 36.4 Å². The van der Waals surface area contributed by atoms with Crippen LogP contribution in [0.1, 0.15) is 5.56 Å². The van der Waals surface area contributed by atoms with Gasteiger partial charge in [0.2, 0.25) is 0 Å². The fraction of sp³-hybridized carbons (Fsp3) is 0. The van der Waals surface area contributed by atoms with E-state index in [2.05, 4.69) is 25.9 Å². The van der Waals surface area contributed by atoms with E-state index in [9.17, 15) is 0 Å². The number of nitrogens with zero attached hydrogens (tertiary/aromatic N) is 4. The lowest BCUT2D eigenvalue weighted by Crippen LogP contribution is -1.87. The van der Waals surface area contributed by atoms with Gasteiger partial charge in [-0.2, -0.15) is 5.10 Å². The topological polar surface area (TPSA) is 63.1 Å². The molecule has 5 nitrogen and oxygen atoms in total. The molecule has 0 saturated heterocycles. The van der Waals surface area contributed by atoms with Crippen LogP contribution in [0.3, 0.4) is 0 Å². The fourth-order valence-electron chi connectivity index (χ4n) is 1.25. The highest BCUT2D eigenvalue weighted by atomic mass is 15.3. The van der Waals surface area contributed by atoms with Crippen molar-refractivity contribution >= 4 is 18.0 Å². The lowest BCUT2D eigenvalue weighted by Gasteiger charge is -2.00. The summed E-state index contributed by atoms with van der Waals surface area (Å²) in [5, 5.41) is 14.1. The zero-order chi connectivity index (χ0) is 11.8. The third-order valence-electron chi connectivity index (χ3n) is 1.99. The lowest BCUT2D eigenvalue weighted by atomic mass is 10.2. The molecule has 0 bridgehead atoms. The number of aromatic nitrogens is 3. The molecule has 1 aromatic carbocycles. The minimum Gasteiger partial charge on any atom is -0.278 e. The molecule has 0 spiro atoms. The molecule has 0 fully saturated rings. The average molecular weight is 225 g/mol. The predicted molar refractivity (Wildman–Crippen MR) is 67.4 cm³/mol. The fourth-order valence-corrected chi connectivity index (χ4v) is 1.25. The van der Waals surface area contributed by atoms with Crippen LogP contribution in [0.5, 0.6) is 0 Å². The van der Waals surface area contributed by atoms with E-state index in [1.165, 1.54) is 5.56 Å². The quantitative estimate of drug-likeness (QED) is 0.744. The Balaban J connectivity index is 0.000000153. The Labute approximate surface area is 98.9 Å². The molecule has 1 aromatic heterocycles. The number of hydrogen-bond donors (Lipinski definition) is 1. The molecular formula is C12H11N5. The number of rotatable bonds is 0. The highest BCUT2D eigenvalue weighted by Gasteiger charge is 1.96. The van der Waals surface area contributed by atoms with Crippen molar-refractivity contribution in [3.8, 4) is 0 Å². The highest BCUT2D eigenvalue weighted by Crippen LogP contribution is 2.17. The average Bonchev–Trinajstić information content (AvgIpc) is 2.66. The minimum atomic E-state index is 1.05. The summed E-state index contributed by atoms with van der Waals surface area (Å²) in [7, 11) is 0. The molecule has 0 aliphatic carbocycles. The molecule has 0 radical (unpaired) electrons. The molecule has 0 unspecified atom stereocenters. The van der Waals surface area contributed by atoms with E-state index in [0.29, 0.717) is 0 Å². The second kappa shape index (κ2) is 6.12. The van der Waals surface area contributed by atoms with Crippen LogP contribution in [0.25, 0.3) is 6.08 Å². The molecule has 1 aliphatic rings. The number of para-hydroxylation sites is 1. The van der Waals surface area contributed by atoms with Gasteiger partial charge in [-0.1, -0.05) is 24.3 Å². The Morgan fingerprint density at radius 3 is 2.47 bits per heavy atom. The van der Waals surface area contributed by atoms with E-state index in [4.69, 9.17) is 0 Å². The zero-order valence-electron chi connectivity index (χ0n) is 9.06. The van der Waals surface area contributed by atoms with Gasteiger partial charge in [0.15, 0.2) is 0 Å². The van der Waals surface area contributed by atoms with Crippen LogP contribution in [-0.2, 0) is 0 Å². The molecule has 0 saturated carbocycles. The summed E-state index contributed by atoms with van der Waals surface area (Å²) in [6, 6.07) is 9.76. The van der Waals surface area contributed by atoms with Crippen molar-refractivity contribution in [1.29, 1.82) is 0 Å². The number of hydrogen-bond acceptors (Lipinski definition) is 5. The van der Waals surface area contributed by atoms with E-state index in [1.54, 1.807) is 24.7 Å². The third kappa shape index (κ3) is 3.49. The number of anilines is 1. The van der Waals surface area contributed by atoms with Crippen LogP contribution in [0.15, 0.2) is 53.9 Å². The SMILES string of the molecule is C1=Cc2ccccc2NN=C1.c1cnnnc1. The first-order valence-corrected chi connectivity index (χ1v) is 5.10. The second-order valence-electron chi connectivity index (χ2n) is 3.15. The van der Waals surface area contributed by atoms with Crippen molar-refractivity contribution in [2.24, 2.45) is 5.10 Å². The van der Waals surface area contributed by atoms with Crippen molar-refractivity contribution in [1.82, 2.24) is 15.4 Å². The summed E-state index contributed by atoms with van der Waals surface area (Å²) >= 11 is 0. The molecule has 0 amide bonds. The van der Waals surface area contributed by atoms with Crippen LogP contribution in [0.2, 0.25) is 0 Å². The summed E-state index contributed by atoms with van der Waals surface area (Å²) in [6.07, 6.45) is 8.83. The Kier molecular flexibility index (Phi) is 3.94. The highest BCUT2D eigenvalue weighted by molar-refractivity contribution is 5.83. The maximum absolute atomic E-state index is 3.95. The first-order valence-electron chi connectivity index (χ1n) is 5.10. The van der Waals surface area contributed by atoms with Crippen molar-refractivity contribution in [3.05, 3.63) is 54.4 Å². The van der Waals surface area contributed by atoms with Gasteiger partial charge in [0, 0.05) is 6.21 Å². The van der Waals surface area contributed by atoms with E-state index in [-0.39, 0.29) is 0 Å². The monoisotopic (exact) mass is 225 g/mol. The molecule has 1 aliphatic heterocycles. The summed E-state index contributed by atoms with van der Waals surface area (Å²) < 4.78 is 0. The second-order valence-corrected chi connectivity index (χ2v) is 3.15. The lowest BCUT2D eigenvalue weighted by molar-refractivity contribution is 0.865. The van der Waals surface area contributed by atoms with Gasteiger partial charge < -0.3 is 0 Å². The molecule has 1 N–H and O–H groups in total. The molecule has 3 rings (SSSR count). The summed E-state index contributed by atoms with van der Waals surface area (Å²) in [5.74, 6) is 0. The van der Waals surface area contributed by atoms with Gasteiger partial charge in [0.1, 0.15) is 0 Å². The van der Waals surface area contributed by atoms with E-state index in [0.717, 1.165) is 5.69 Å². The van der Waals surface area contributed by atoms with Gasteiger partial charge in [0.25, 0.3) is 0 Å². The van der Waals surface area contributed by atoms with Gasteiger partial charge in [0.05, 0.1) is 18.1 Å². The maximum atomic E-state index is 3.95. The minimum absolute atomic E-state index is 1.05. The number of nitrogens with one attached hydrogen (secondary N) is 1. The van der Waals surface area contributed by atoms with Crippen molar-refractivity contribution in [2.45, 2.75) is 0 Å². The Morgan fingerprint density at radius 1 is 0.941 bits per heavy atom. The van der Waals surface area contributed by atoms with Gasteiger partial charge in [-0.3, -0.25) is 5.43 Å². The predicted octanol–water partition coefficient (Wildman–Crippen LogP) is 1.98. The molecule has 0 atom stereocenters. The van der Waals surface area contributed by atoms with Crippen LogP contribution >= 0.6 is 0 Å². The van der Waals surface area contributed by atoms with E-state index < -0.39 is 0 Å². The van der Waals surface area contributed by atoms with Crippen molar-refractivity contribution < 1.29 is 0 Å². The van der Waals surface area contributed by atoms with Gasteiger partial charge in [-0.15, -0.1) is 10.2 Å². The zero-order valence-corrected chi connectivity index (χ0v) is 9.06. The Hall–Kier alpha value is -2.56. The first kappa shape index (κ1) is 10.9. The standard InChI is InChI=1S/C9H8N2.C3H3N3/c1-2-6-9-8(4-1)5-3-7-10-11-9;1-2-4-6-5-3-1/h1-7,11H;1-3H. The first-order chi connectivity index (χ1) is 8.47. The molecule has 2 aromatic rings. The number of fused-ring (bicyclic) bond motifs is 1. The summed E-state index contributed by atoms with van der Waals surface area (Å²) in [4.78, 5) is 0. The molecule has 17 heavy (non-hydrogen) atoms.